The van der Waals surface area contributed by atoms with E-state index in [1.807, 2.05) is 57.6 Å². The second kappa shape index (κ2) is 7.95. The van der Waals surface area contributed by atoms with Crippen LogP contribution in [0.2, 0.25) is 0 Å². The molecular formula is C19H23N5O2. The minimum Gasteiger partial charge on any atom is -0.425 e. The van der Waals surface area contributed by atoms with E-state index < -0.39 is 0 Å². The van der Waals surface area contributed by atoms with Gasteiger partial charge in [-0.3, -0.25) is 9.48 Å². The van der Waals surface area contributed by atoms with E-state index >= 15 is 0 Å². The highest BCUT2D eigenvalue weighted by Crippen LogP contribution is 2.22. The van der Waals surface area contributed by atoms with Crippen LogP contribution in [0.25, 0.3) is 11.1 Å². The quantitative estimate of drug-likeness (QED) is 0.706. The van der Waals surface area contributed by atoms with Crippen LogP contribution in [0.5, 0.6) is 0 Å². The van der Waals surface area contributed by atoms with Crippen LogP contribution in [0.15, 0.2) is 41.1 Å². The van der Waals surface area contributed by atoms with Crippen LogP contribution in [-0.2, 0) is 24.8 Å². The van der Waals surface area contributed by atoms with E-state index in [0.717, 1.165) is 16.7 Å². The van der Waals surface area contributed by atoms with E-state index in [2.05, 4.69) is 20.6 Å². The lowest BCUT2D eigenvalue weighted by Gasteiger charge is -2.09. The van der Waals surface area contributed by atoms with Crippen molar-refractivity contribution in [2.24, 2.45) is 7.05 Å². The fourth-order valence-corrected chi connectivity index (χ4v) is 2.62. The van der Waals surface area contributed by atoms with Crippen LogP contribution in [0.1, 0.15) is 43.5 Å². The number of nitrogens with zero attached hydrogens (tertiary/aromatic N) is 4. The lowest BCUT2D eigenvalue weighted by Crippen LogP contribution is -2.23. The molecule has 7 nitrogen and oxygen atoms in total. The van der Waals surface area contributed by atoms with E-state index in [4.69, 9.17) is 4.42 Å². The molecule has 7 heteroatoms. The SMILES string of the molecule is CC(C)c1nnc(CCC(=O)NCc2ccccc2-c2cnn(C)c2)o1. The Kier molecular flexibility index (Phi) is 5.46. The molecular weight excluding hydrogens is 330 g/mol. The molecule has 1 N–H and O–H groups in total. The number of amides is 1. The Morgan fingerprint density at radius 1 is 1.27 bits per heavy atom. The van der Waals surface area contributed by atoms with Gasteiger partial charge in [0.15, 0.2) is 0 Å². The van der Waals surface area contributed by atoms with Crippen molar-refractivity contribution in [2.75, 3.05) is 0 Å². The normalized spacial score (nSPS) is 11.1. The molecule has 0 spiro atoms. The van der Waals surface area contributed by atoms with Gasteiger partial charge in [0.05, 0.1) is 6.20 Å². The maximum absolute atomic E-state index is 12.2. The number of rotatable bonds is 7. The fourth-order valence-electron chi connectivity index (χ4n) is 2.62. The van der Waals surface area contributed by atoms with Gasteiger partial charge in [-0.05, 0) is 11.1 Å². The Balaban J connectivity index is 1.56. The lowest BCUT2D eigenvalue weighted by atomic mass is 10.0. The largest absolute Gasteiger partial charge is 0.425 e. The number of carbonyl (C=O) groups is 1. The summed E-state index contributed by atoms with van der Waals surface area (Å²) >= 11 is 0. The first kappa shape index (κ1) is 17.8. The predicted molar refractivity (Wildman–Crippen MR) is 97.2 cm³/mol. The molecule has 0 saturated heterocycles. The molecule has 136 valence electrons. The van der Waals surface area contributed by atoms with Gasteiger partial charge in [0.2, 0.25) is 17.7 Å². The average molecular weight is 353 g/mol. The highest BCUT2D eigenvalue weighted by Gasteiger charge is 2.12. The molecule has 0 unspecified atom stereocenters. The fraction of sp³-hybridized carbons (Fsp3) is 0.368. The molecule has 0 aliphatic rings. The molecule has 0 aliphatic carbocycles. The number of benzene rings is 1. The van der Waals surface area contributed by atoms with Crippen LogP contribution >= 0.6 is 0 Å². The molecule has 3 rings (SSSR count). The number of hydrogen-bond donors (Lipinski definition) is 1. The summed E-state index contributed by atoms with van der Waals surface area (Å²) in [6.07, 6.45) is 4.54. The van der Waals surface area contributed by atoms with Gasteiger partial charge < -0.3 is 9.73 Å². The summed E-state index contributed by atoms with van der Waals surface area (Å²) in [5.74, 6) is 1.25. The van der Waals surface area contributed by atoms with Gasteiger partial charge in [0.1, 0.15) is 0 Å². The van der Waals surface area contributed by atoms with Crippen molar-refractivity contribution in [1.82, 2.24) is 25.3 Å². The molecule has 0 radical (unpaired) electrons. The first-order valence-electron chi connectivity index (χ1n) is 8.69. The second-order valence-corrected chi connectivity index (χ2v) is 6.53. The van der Waals surface area contributed by atoms with Crippen molar-refractivity contribution in [3.8, 4) is 11.1 Å². The number of hydrogen-bond acceptors (Lipinski definition) is 5. The molecule has 0 aliphatic heterocycles. The smallest absolute Gasteiger partial charge is 0.220 e. The van der Waals surface area contributed by atoms with Gasteiger partial charge in [-0.15, -0.1) is 10.2 Å². The third kappa shape index (κ3) is 4.36. The molecule has 26 heavy (non-hydrogen) atoms. The summed E-state index contributed by atoms with van der Waals surface area (Å²) in [7, 11) is 1.89. The highest BCUT2D eigenvalue weighted by atomic mass is 16.4. The van der Waals surface area contributed by atoms with Crippen LogP contribution in [0.3, 0.4) is 0 Å². The van der Waals surface area contributed by atoms with E-state index in [1.165, 1.54) is 0 Å². The van der Waals surface area contributed by atoms with Crippen molar-refractivity contribution in [3.63, 3.8) is 0 Å². The summed E-state index contributed by atoms with van der Waals surface area (Å²) in [5, 5.41) is 15.1. The van der Waals surface area contributed by atoms with Crippen molar-refractivity contribution < 1.29 is 9.21 Å². The van der Waals surface area contributed by atoms with Gasteiger partial charge in [-0.1, -0.05) is 38.1 Å². The second-order valence-electron chi connectivity index (χ2n) is 6.53. The Hall–Kier alpha value is -2.96. The van der Waals surface area contributed by atoms with Gasteiger partial charge in [-0.25, -0.2) is 0 Å². The molecule has 0 fully saturated rings. The Labute approximate surface area is 152 Å². The van der Waals surface area contributed by atoms with Crippen LogP contribution in [0, 0.1) is 0 Å². The van der Waals surface area contributed by atoms with Crippen LogP contribution in [0.4, 0.5) is 0 Å². The maximum Gasteiger partial charge on any atom is 0.220 e. The van der Waals surface area contributed by atoms with Crippen molar-refractivity contribution in [2.45, 2.75) is 39.2 Å². The Bertz CT molecular complexity index is 881. The predicted octanol–water partition coefficient (Wildman–Crippen LogP) is 2.84. The van der Waals surface area contributed by atoms with E-state index in [0.29, 0.717) is 31.2 Å². The standard InChI is InChI=1S/C19H23N5O2/c1-13(2)19-23-22-18(26-19)9-8-17(25)20-10-14-6-4-5-7-16(14)15-11-21-24(3)12-15/h4-7,11-13H,8-10H2,1-3H3,(H,20,25). The number of nitrogens with one attached hydrogen (secondary N) is 1. The third-order valence-electron chi connectivity index (χ3n) is 4.05. The molecule has 3 aromatic rings. The summed E-state index contributed by atoms with van der Waals surface area (Å²) in [4.78, 5) is 12.2. The molecule has 1 amide bonds. The summed E-state index contributed by atoms with van der Waals surface area (Å²) in [6, 6.07) is 7.99. The minimum absolute atomic E-state index is 0.0460. The van der Waals surface area contributed by atoms with Crippen molar-refractivity contribution >= 4 is 5.91 Å². The van der Waals surface area contributed by atoms with E-state index in [1.54, 1.807) is 4.68 Å². The van der Waals surface area contributed by atoms with Gasteiger partial charge in [0, 0.05) is 44.1 Å². The monoisotopic (exact) mass is 353 g/mol. The average Bonchev–Trinajstić information content (AvgIpc) is 3.27. The first-order valence-corrected chi connectivity index (χ1v) is 8.69. The molecule has 0 saturated carbocycles. The Morgan fingerprint density at radius 3 is 2.77 bits per heavy atom. The van der Waals surface area contributed by atoms with Crippen molar-refractivity contribution in [1.29, 1.82) is 0 Å². The first-order chi connectivity index (χ1) is 12.5. The number of aryl methyl sites for hydroxylation is 2. The Morgan fingerprint density at radius 2 is 2.08 bits per heavy atom. The zero-order valence-corrected chi connectivity index (χ0v) is 15.3. The molecule has 2 heterocycles. The van der Waals surface area contributed by atoms with Gasteiger partial charge in [0.25, 0.3) is 0 Å². The molecule has 0 atom stereocenters. The molecule has 1 aromatic carbocycles. The van der Waals surface area contributed by atoms with Gasteiger partial charge in [-0.2, -0.15) is 5.10 Å². The topological polar surface area (TPSA) is 85.8 Å². The highest BCUT2D eigenvalue weighted by molar-refractivity contribution is 5.76. The van der Waals surface area contributed by atoms with Crippen LogP contribution < -0.4 is 5.32 Å². The molecule has 0 bridgehead atoms. The maximum atomic E-state index is 12.2. The summed E-state index contributed by atoms with van der Waals surface area (Å²) < 4.78 is 7.29. The lowest BCUT2D eigenvalue weighted by molar-refractivity contribution is -0.121. The minimum atomic E-state index is -0.0460. The summed E-state index contributed by atoms with van der Waals surface area (Å²) in [6.45, 7) is 4.44. The van der Waals surface area contributed by atoms with E-state index in [-0.39, 0.29) is 11.8 Å². The molecule has 2 aromatic heterocycles. The third-order valence-corrected chi connectivity index (χ3v) is 4.05. The summed E-state index contributed by atoms with van der Waals surface area (Å²) in [5.41, 5.74) is 3.15. The van der Waals surface area contributed by atoms with E-state index in [9.17, 15) is 4.79 Å². The van der Waals surface area contributed by atoms with Crippen LogP contribution in [-0.4, -0.2) is 25.9 Å². The van der Waals surface area contributed by atoms with Gasteiger partial charge >= 0.3 is 0 Å². The number of carbonyl (C=O) groups excluding carboxylic acids is 1. The zero-order chi connectivity index (χ0) is 18.5. The van der Waals surface area contributed by atoms with Crippen molar-refractivity contribution in [3.05, 3.63) is 54.0 Å². The number of aromatic nitrogens is 4. The zero-order valence-electron chi connectivity index (χ0n) is 15.3.